The van der Waals surface area contributed by atoms with Crippen molar-refractivity contribution in [2.24, 2.45) is 0 Å². The summed E-state index contributed by atoms with van der Waals surface area (Å²) in [5.41, 5.74) is 1.05. The van der Waals surface area contributed by atoms with E-state index >= 15 is 0 Å². The summed E-state index contributed by atoms with van der Waals surface area (Å²) in [6, 6.07) is 9.83. The molecule has 0 atom stereocenters. The van der Waals surface area contributed by atoms with Crippen molar-refractivity contribution in [2.75, 3.05) is 5.32 Å². The van der Waals surface area contributed by atoms with Gasteiger partial charge < -0.3 is 10.6 Å². The van der Waals surface area contributed by atoms with Gasteiger partial charge in [0, 0.05) is 17.8 Å². The predicted molar refractivity (Wildman–Crippen MR) is 85.6 cm³/mol. The van der Waals surface area contributed by atoms with Gasteiger partial charge in [0.2, 0.25) is 5.91 Å². The van der Waals surface area contributed by atoms with Gasteiger partial charge in [0.05, 0.1) is 12.0 Å². The molecule has 6 heteroatoms. The zero-order chi connectivity index (χ0) is 17.1. The number of benzene rings is 2. The summed E-state index contributed by atoms with van der Waals surface area (Å²) in [5, 5.41) is 5.44. The maximum Gasteiger partial charge on any atom is 0.258 e. The van der Waals surface area contributed by atoms with Crippen LogP contribution in [0.25, 0.3) is 0 Å². The summed E-state index contributed by atoms with van der Waals surface area (Å²) in [5.74, 6) is -2.34. The van der Waals surface area contributed by atoms with E-state index in [1.54, 1.807) is 24.3 Å². The molecule has 0 aromatic heterocycles. The Morgan fingerprint density at radius 1 is 1.04 bits per heavy atom. The van der Waals surface area contributed by atoms with Crippen molar-refractivity contribution in [3.8, 4) is 0 Å². The molecular formula is C18H16F2N2O2. The molecule has 1 saturated carbocycles. The number of carbonyl (C=O) groups excluding carboxylic acids is 2. The fraction of sp³-hybridized carbons (Fsp3) is 0.222. The van der Waals surface area contributed by atoms with Gasteiger partial charge in [0.15, 0.2) is 0 Å². The van der Waals surface area contributed by atoms with Crippen molar-refractivity contribution in [2.45, 2.75) is 25.3 Å². The molecule has 3 rings (SSSR count). The van der Waals surface area contributed by atoms with Gasteiger partial charge in [-0.2, -0.15) is 0 Å². The highest BCUT2D eigenvalue weighted by Gasteiger charge is 2.23. The second kappa shape index (κ2) is 6.78. The summed E-state index contributed by atoms with van der Waals surface area (Å²) in [6.45, 7) is 0. The summed E-state index contributed by atoms with van der Waals surface area (Å²) >= 11 is 0. The van der Waals surface area contributed by atoms with E-state index in [1.165, 1.54) is 0 Å². The van der Waals surface area contributed by atoms with Crippen molar-refractivity contribution in [3.63, 3.8) is 0 Å². The lowest BCUT2D eigenvalue weighted by atomic mass is 10.1. The van der Waals surface area contributed by atoms with Gasteiger partial charge in [-0.1, -0.05) is 12.1 Å². The molecule has 0 unspecified atom stereocenters. The van der Waals surface area contributed by atoms with Crippen LogP contribution in [0.15, 0.2) is 42.5 Å². The molecule has 4 nitrogen and oxygen atoms in total. The second-order valence-corrected chi connectivity index (χ2v) is 5.79. The van der Waals surface area contributed by atoms with E-state index in [4.69, 9.17) is 0 Å². The van der Waals surface area contributed by atoms with E-state index in [0.717, 1.165) is 30.5 Å². The number of amides is 2. The summed E-state index contributed by atoms with van der Waals surface area (Å²) in [4.78, 5) is 23.7. The number of carbonyl (C=O) groups is 2. The Hall–Kier alpha value is -2.76. The van der Waals surface area contributed by atoms with Crippen LogP contribution in [0, 0.1) is 11.6 Å². The van der Waals surface area contributed by atoms with Crippen LogP contribution in [-0.2, 0) is 11.2 Å². The van der Waals surface area contributed by atoms with Crippen LogP contribution in [-0.4, -0.2) is 17.9 Å². The van der Waals surface area contributed by atoms with Crippen LogP contribution < -0.4 is 10.6 Å². The van der Waals surface area contributed by atoms with Crippen LogP contribution in [0.3, 0.4) is 0 Å². The normalized spacial score (nSPS) is 13.4. The monoisotopic (exact) mass is 330 g/mol. The molecule has 1 fully saturated rings. The molecule has 0 bridgehead atoms. The third-order valence-corrected chi connectivity index (χ3v) is 3.69. The summed E-state index contributed by atoms with van der Waals surface area (Å²) in [6.07, 6.45) is 2.35. The Kier molecular flexibility index (Phi) is 4.55. The molecule has 0 saturated heterocycles. The van der Waals surface area contributed by atoms with Gasteiger partial charge in [-0.05, 0) is 42.7 Å². The quantitative estimate of drug-likeness (QED) is 0.885. The first-order chi connectivity index (χ1) is 11.5. The lowest BCUT2D eigenvalue weighted by Gasteiger charge is -2.08. The third kappa shape index (κ3) is 4.16. The van der Waals surface area contributed by atoms with Crippen LogP contribution in [0.4, 0.5) is 14.5 Å². The SMILES string of the molecule is O=C(Cc1ccc(NC(=O)c2ccc(F)cc2F)cc1)NC1CC1. The van der Waals surface area contributed by atoms with Gasteiger partial charge in [-0.3, -0.25) is 9.59 Å². The largest absolute Gasteiger partial charge is 0.353 e. The van der Waals surface area contributed by atoms with Gasteiger partial charge >= 0.3 is 0 Å². The standard InChI is InChI=1S/C18H16F2N2O2/c19-12-3-8-15(16(20)10-12)18(24)22-14-4-1-11(2-5-14)9-17(23)21-13-6-7-13/h1-5,8,10,13H,6-7,9H2,(H,21,23)(H,22,24). The smallest absolute Gasteiger partial charge is 0.258 e. The molecule has 1 aliphatic rings. The molecule has 0 aliphatic heterocycles. The van der Waals surface area contributed by atoms with E-state index in [-0.39, 0.29) is 17.9 Å². The van der Waals surface area contributed by atoms with E-state index in [0.29, 0.717) is 17.8 Å². The highest BCUT2D eigenvalue weighted by atomic mass is 19.1. The third-order valence-electron chi connectivity index (χ3n) is 3.69. The Balaban J connectivity index is 1.60. The minimum Gasteiger partial charge on any atom is -0.353 e. The Labute approximate surface area is 137 Å². The topological polar surface area (TPSA) is 58.2 Å². The summed E-state index contributed by atoms with van der Waals surface area (Å²) < 4.78 is 26.4. The first-order valence-corrected chi connectivity index (χ1v) is 7.66. The Bertz CT molecular complexity index is 771. The lowest BCUT2D eigenvalue weighted by Crippen LogP contribution is -2.26. The van der Waals surface area contributed by atoms with Crippen LogP contribution in [0.1, 0.15) is 28.8 Å². The Morgan fingerprint density at radius 2 is 1.75 bits per heavy atom. The molecule has 0 heterocycles. The average Bonchev–Trinajstić information content (AvgIpc) is 3.33. The van der Waals surface area contributed by atoms with E-state index in [2.05, 4.69) is 10.6 Å². The number of anilines is 1. The minimum absolute atomic E-state index is 0.0253. The fourth-order valence-electron chi connectivity index (χ4n) is 2.27. The molecule has 124 valence electrons. The van der Waals surface area contributed by atoms with Crippen LogP contribution >= 0.6 is 0 Å². The molecule has 24 heavy (non-hydrogen) atoms. The van der Waals surface area contributed by atoms with Crippen molar-refractivity contribution in [1.82, 2.24) is 5.32 Å². The van der Waals surface area contributed by atoms with Crippen molar-refractivity contribution in [1.29, 1.82) is 0 Å². The highest BCUT2D eigenvalue weighted by Crippen LogP contribution is 2.19. The number of hydrogen-bond acceptors (Lipinski definition) is 2. The summed E-state index contributed by atoms with van der Waals surface area (Å²) in [7, 11) is 0. The molecule has 2 amide bonds. The lowest BCUT2D eigenvalue weighted by molar-refractivity contribution is -0.120. The zero-order valence-corrected chi connectivity index (χ0v) is 12.8. The van der Waals surface area contributed by atoms with E-state index in [1.807, 2.05) is 0 Å². The number of rotatable bonds is 5. The average molecular weight is 330 g/mol. The predicted octanol–water partition coefficient (Wildman–Crippen LogP) is 3.04. The molecule has 2 N–H and O–H groups in total. The molecule has 1 aliphatic carbocycles. The zero-order valence-electron chi connectivity index (χ0n) is 12.8. The maximum absolute atomic E-state index is 13.6. The van der Waals surface area contributed by atoms with Crippen molar-refractivity contribution < 1.29 is 18.4 Å². The molecule has 2 aromatic rings. The first-order valence-electron chi connectivity index (χ1n) is 7.66. The van der Waals surface area contributed by atoms with Crippen molar-refractivity contribution in [3.05, 3.63) is 65.2 Å². The maximum atomic E-state index is 13.6. The first kappa shape index (κ1) is 16.1. The fourth-order valence-corrected chi connectivity index (χ4v) is 2.27. The molecule has 2 aromatic carbocycles. The number of nitrogens with one attached hydrogen (secondary N) is 2. The number of halogens is 2. The second-order valence-electron chi connectivity index (χ2n) is 5.79. The van der Waals surface area contributed by atoms with Gasteiger partial charge in [0.1, 0.15) is 11.6 Å². The molecule has 0 radical (unpaired) electrons. The minimum atomic E-state index is -0.916. The highest BCUT2D eigenvalue weighted by molar-refractivity contribution is 6.04. The van der Waals surface area contributed by atoms with E-state index < -0.39 is 17.5 Å². The Morgan fingerprint density at radius 3 is 2.38 bits per heavy atom. The molecule has 0 spiro atoms. The van der Waals surface area contributed by atoms with E-state index in [9.17, 15) is 18.4 Å². The van der Waals surface area contributed by atoms with Gasteiger partial charge in [0.25, 0.3) is 5.91 Å². The molecular weight excluding hydrogens is 314 g/mol. The van der Waals surface area contributed by atoms with Crippen molar-refractivity contribution >= 4 is 17.5 Å². The van der Waals surface area contributed by atoms with Crippen LogP contribution in [0.5, 0.6) is 0 Å². The number of hydrogen-bond donors (Lipinski definition) is 2. The van der Waals surface area contributed by atoms with Gasteiger partial charge in [-0.25, -0.2) is 8.78 Å². The van der Waals surface area contributed by atoms with Gasteiger partial charge in [-0.15, -0.1) is 0 Å². The van der Waals surface area contributed by atoms with Crippen LogP contribution in [0.2, 0.25) is 0 Å².